The van der Waals surface area contributed by atoms with E-state index in [4.69, 9.17) is 28.4 Å². The van der Waals surface area contributed by atoms with Crippen molar-refractivity contribution in [2.45, 2.75) is 72.0 Å². The van der Waals surface area contributed by atoms with Crippen molar-refractivity contribution in [2.24, 2.45) is 0 Å². The van der Waals surface area contributed by atoms with E-state index in [1.54, 1.807) is 39.0 Å². The Morgan fingerprint density at radius 3 is 1.69 bits per heavy atom. The van der Waals surface area contributed by atoms with Gasteiger partial charge in [0.05, 0.1) is 33.0 Å². The van der Waals surface area contributed by atoms with E-state index in [9.17, 15) is 24.0 Å². The van der Waals surface area contributed by atoms with E-state index < -0.39 is 23.8 Å². The number of nitrogens with one attached hydrogen (secondary N) is 4. The molecule has 0 saturated carbocycles. The van der Waals surface area contributed by atoms with Gasteiger partial charge in [0.25, 0.3) is 0 Å². The first-order valence-corrected chi connectivity index (χ1v) is 18.5. The quantitative estimate of drug-likeness (QED) is 0.0650. The number of carbonyl (C=O) groups excluding carboxylic acids is 5. The lowest BCUT2D eigenvalue weighted by molar-refractivity contribution is 0.0497. The monoisotopic (exact) mass is 758 g/mol. The number of amides is 4. The van der Waals surface area contributed by atoms with Crippen molar-refractivity contribution in [3.63, 3.8) is 0 Å². The van der Waals surface area contributed by atoms with E-state index in [1.807, 2.05) is 37.3 Å². The van der Waals surface area contributed by atoms with Crippen molar-refractivity contribution in [3.05, 3.63) is 65.2 Å². The van der Waals surface area contributed by atoms with Gasteiger partial charge in [-0.05, 0) is 63.8 Å². The lowest BCUT2D eigenvalue weighted by Gasteiger charge is -2.19. The number of anilines is 1. The van der Waals surface area contributed by atoms with Gasteiger partial charge in [-0.3, -0.25) is 9.59 Å². The molecule has 0 spiro atoms. The first-order chi connectivity index (χ1) is 26.0. The third kappa shape index (κ3) is 22.5. The molecule has 0 radical (unpaired) electrons. The summed E-state index contributed by atoms with van der Waals surface area (Å²) in [6.45, 7) is 11.0. The molecule has 4 amide bonds. The Hall–Kier alpha value is -4.57. The van der Waals surface area contributed by atoms with Crippen LogP contribution in [0.4, 0.5) is 20.1 Å². The smallest absolute Gasteiger partial charge is 0.407 e. The molecule has 0 fully saturated rings. The van der Waals surface area contributed by atoms with E-state index in [0.29, 0.717) is 56.1 Å². The molecule has 4 N–H and O–H groups in total. The second-order valence-corrected chi connectivity index (χ2v) is 13.1. The van der Waals surface area contributed by atoms with Gasteiger partial charge in [0.2, 0.25) is 0 Å². The summed E-state index contributed by atoms with van der Waals surface area (Å²) >= 11 is 0. The maximum absolute atomic E-state index is 13.1. The minimum absolute atomic E-state index is 0.159. The van der Waals surface area contributed by atoms with Crippen LogP contribution in [0.3, 0.4) is 0 Å². The molecule has 0 bridgehead atoms. The van der Waals surface area contributed by atoms with E-state index in [1.165, 1.54) is 0 Å². The third-order valence-corrected chi connectivity index (χ3v) is 7.12. The van der Waals surface area contributed by atoms with Crippen LogP contribution in [0, 0.1) is 0 Å². The highest BCUT2D eigenvalue weighted by Crippen LogP contribution is 2.19. The van der Waals surface area contributed by atoms with Gasteiger partial charge < -0.3 is 49.7 Å². The lowest BCUT2D eigenvalue weighted by atomic mass is 9.99. The zero-order valence-corrected chi connectivity index (χ0v) is 32.1. The zero-order chi connectivity index (χ0) is 39.4. The van der Waals surface area contributed by atoms with E-state index >= 15 is 0 Å². The van der Waals surface area contributed by atoms with Gasteiger partial charge in [-0.2, -0.15) is 0 Å². The van der Waals surface area contributed by atoms with Gasteiger partial charge in [0, 0.05) is 69.1 Å². The number of alkyl carbamates (subject to hydrolysis) is 2. The summed E-state index contributed by atoms with van der Waals surface area (Å²) in [4.78, 5) is 62.3. The molecule has 54 heavy (non-hydrogen) atoms. The number of hydrogen-bond donors (Lipinski definition) is 4. The minimum Gasteiger partial charge on any atom is -0.445 e. The van der Waals surface area contributed by atoms with Crippen LogP contribution in [0.2, 0.25) is 0 Å². The number of hydrogen-bond acceptors (Lipinski definition) is 11. The second-order valence-electron chi connectivity index (χ2n) is 13.1. The zero-order valence-electron chi connectivity index (χ0n) is 32.1. The molecule has 15 nitrogen and oxygen atoms in total. The highest BCUT2D eigenvalue weighted by molar-refractivity contribution is 6.04. The number of urea groups is 1. The van der Waals surface area contributed by atoms with E-state index in [2.05, 4.69) is 21.3 Å². The molecule has 0 heterocycles. The van der Waals surface area contributed by atoms with E-state index in [-0.39, 0.29) is 77.1 Å². The summed E-state index contributed by atoms with van der Waals surface area (Å²) in [5.74, 6) is -0.368. The molecule has 2 aromatic carbocycles. The molecule has 2 rings (SSSR count). The van der Waals surface area contributed by atoms with Gasteiger partial charge in [-0.1, -0.05) is 37.3 Å². The van der Waals surface area contributed by atoms with Crippen molar-refractivity contribution >= 4 is 35.5 Å². The van der Waals surface area contributed by atoms with Crippen LogP contribution in [-0.2, 0) is 35.0 Å². The molecule has 0 aliphatic rings. The second kappa shape index (κ2) is 27.1. The Morgan fingerprint density at radius 1 is 0.611 bits per heavy atom. The highest BCUT2D eigenvalue weighted by Gasteiger charge is 2.16. The molecule has 0 aliphatic carbocycles. The van der Waals surface area contributed by atoms with Gasteiger partial charge in [0.1, 0.15) is 12.2 Å². The minimum atomic E-state index is -0.592. The first-order valence-electron chi connectivity index (χ1n) is 18.5. The molecule has 15 heteroatoms. The van der Waals surface area contributed by atoms with Crippen molar-refractivity contribution < 1.29 is 52.4 Å². The van der Waals surface area contributed by atoms with Gasteiger partial charge in [-0.25, -0.2) is 14.4 Å². The molecule has 0 saturated heterocycles. The fourth-order valence-electron chi connectivity index (χ4n) is 4.60. The lowest BCUT2D eigenvalue weighted by Crippen LogP contribution is -2.34. The fourth-order valence-corrected chi connectivity index (χ4v) is 4.60. The summed E-state index contributed by atoms with van der Waals surface area (Å²) in [7, 11) is 0. The maximum Gasteiger partial charge on any atom is 0.407 e. The molecule has 0 aromatic heterocycles. The Bertz CT molecular complexity index is 1420. The predicted octanol–water partition coefficient (Wildman–Crippen LogP) is 5.66. The molecule has 0 aliphatic heterocycles. The number of ether oxygens (including phenoxy) is 6. The number of carbonyl (C=O) groups is 5. The van der Waals surface area contributed by atoms with Crippen LogP contribution in [0.15, 0.2) is 48.5 Å². The van der Waals surface area contributed by atoms with Crippen LogP contribution in [0.1, 0.15) is 86.1 Å². The van der Waals surface area contributed by atoms with Crippen molar-refractivity contribution in [1.29, 1.82) is 0 Å². The Labute approximate surface area is 318 Å². The average molecular weight is 759 g/mol. The van der Waals surface area contributed by atoms with Crippen LogP contribution < -0.4 is 21.3 Å². The summed E-state index contributed by atoms with van der Waals surface area (Å²) < 4.78 is 32.3. The van der Waals surface area contributed by atoms with Crippen LogP contribution in [-0.4, -0.2) is 108 Å². The number of Topliss-reactive ketones (excluding diaryl/α,β-unsaturated/α-hetero) is 2. The summed E-state index contributed by atoms with van der Waals surface area (Å²) in [6.07, 6.45) is 1.18. The van der Waals surface area contributed by atoms with Crippen molar-refractivity contribution in [1.82, 2.24) is 16.0 Å². The molecule has 0 atom stereocenters. The topological polar surface area (TPSA) is 189 Å². The summed E-state index contributed by atoms with van der Waals surface area (Å²) in [6, 6.07) is 13.5. The Kier molecular flexibility index (Phi) is 22.9. The first kappa shape index (κ1) is 45.6. The largest absolute Gasteiger partial charge is 0.445 e. The third-order valence-electron chi connectivity index (χ3n) is 7.12. The molecule has 2 aromatic rings. The van der Waals surface area contributed by atoms with Crippen molar-refractivity contribution in [2.75, 3.05) is 77.8 Å². The average Bonchev–Trinajstić information content (AvgIpc) is 3.13. The standard InChI is InChI=1S/C39H58N4O11/c1-5-18-49-19-9-13-34(44)31-26-32(35(45)14-10-20-50-22-17-42-38(48)54-39(2,3)4)28-33(27-31)43-36(46)40-15-21-51-24-25-52-23-16-41-37(47)53-29-30-11-7-6-8-12-30/h6-8,11-12,26-28H,5,9-10,13-25,29H2,1-4H3,(H,41,47)(H,42,48)(H2,40,43,46). The molecular formula is C39H58N4O11. The number of ketones is 2. The van der Waals surface area contributed by atoms with E-state index in [0.717, 1.165) is 12.0 Å². The number of benzene rings is 2. The van der Waals surface area contributed by atoms with Crippen molar-refractivity contribution in [3.8, 4) is 0 Å². The van der Waals surface area contributed by atoms with Crippen LogP contribution in [0.5, 0.6) is 0 Å². The summed E-state index contributed by atoms with van der Waals surface area (Å²) in [5, 5.41) is 10.6. The van der Waals surface area contributed by atoms with Gasteiger partial charge in [-0.15, -0.1) is 0 Å². The summed E-state index contributed by atoms with van der Waals surface area (Å²) in [5.41, 5.74) is 1.23. The molecular weight excluding hydrogens is 700 g/mol. The predicted molar refractivity (Wildman–Crippen MR) is 203 cm³/mol. The SMILES string of the molecule is CCCOCCCC(=O)c1cc(NC(=O)NCCOCCOCCNC(=O)OCc2ccccc2)cc(C(=O)CCCOCCNC(=O)OC(C)(C)C)c1. The Balaban J connectivity index is 1.72. The maximum atomic E-state index is 13.1. The van der Waals surface area contributed by atoms with Gasteiger partial charge in [0.15, 0.2) is 11.6 Å². The Morgan fingerprint density at radius 2 is 1.13 bits per heavy atom. The fraction of sp³-hybridized carbons (Fsp3) is 0.564. The molecule has 300 valence electrons. The number of rotatable bonds is 27. The highest BCUT2D eigenvalue weighted by atomic mass is 16.6. The van der Waals surface area contributed by atoms with Crippen LogP contribution in [0.25, 0.3) is 0 Å². The molecule has 0 unspecified atom stereocenters. The normalized spacial score (nSPS) is 11.0. The van der Waals surface area contributed by atoms with Gasteiger partial charge >= 0.3 is 18.2 Å². The van der Waals surface area contributed by atoms with Crippen LogP contribution >= 0.6 is 0 Å².